The zero-order chi connectivity index (χ0) is 27.5. The van der Waals surface area contributed by atoms with Crippen molar-refractivity contribution < 1.29 is 44.7 Å². The highest BCUT2D eigenvalue weighted by Gasteiger charge is 2.63. The maximum absolute atomic E-state index is 13.9. The predicted molar refractivity (Wildman–Crippen MR) is 134 cm³/mol. The second kappa shape index (κ2) is 7.56. The van der Waals surface area contributed by atoms with Crippen molar-refractivity contribution in [2.75, 3.05) is 0 Å². The number of carbonyl (C=O) groups excluding carboxylic acids is 3. The van der Waals surface area contributed by atoms with Crippen LogP contribution in [0.25, 0.3) is 0 Å². The molecule has 3 aliphatic carbocycles. The highest BCUT2D eigenvalue weighted by molar-refractivity contribution is 6.31. The Morgan fingerprint density at radius 2 is 1.59 bits per heavy atom. The molecule has 5 N–H and O–H groups in total. The Hall–Kier alpha value is -4.47. The number of cyclic esters (lactones) is 1. The molecule has 0 aromatic heterocycles. The summed E-state index contributed by atoms with van der Waals surface area (Å²) in [6, 6.07) is 8.61. The van der Waals surface area contributed by atoms with Crippen molar-refractivity contribution in [3.05, 3.63) is 98.6 Å². The van der Waals surface area contributed by atoms with Crippen molar-refractivity contribution in [3.63, 3.8) is 0 Å². The van der Waals surface area contributed by atoms with Crippen LogP contribution in [0.3, 0.4) is 0 Å². The van der Waals surface area contributed by atoms with Crippen molar-refractivity contribution >= 4 is 17.5 Å². The normalized spacial score (nSPS) is 27.9. The molecule has 0 spiro atoms. The van der Waals surface area contributed by atoms with Gasteiger partial charge in [-0.05, 0) is 48.2 Å². The van der Waals surface area contributed by atoms with Gasteiger partial charge in [-0.3, -0.25) is 9.59 Å². The number of ketones is 2. The van der Waals surface area contributed by atoms with Crippen LogP contribution in [0.5, 0.6) is 17.2 Å². The zero-order valence-electron chi connectivity index (χ0n) is 20.5. The molecule has 0 fully saturated rings. The number of aliphatic hydroxyl groups is 2. The number of aromatic hydroxyl groups is 3. The van der Waals surface area contributed by atoms with Crippen LogP contribution in [0, 0.1) is 12.3 Å². The number of carbonyl (C=O) groups is 3. The number of hydrogen-bond acceptors (Lipinski definition) is 9. The van der Waals surface area contributed by atoms with Gasteiger partial charge in [-0.25, -0.2) is 4.79 Å². The Balaban J connectivity index is 1.50. The average molecular weight is 526 g/mol. The minimum Gasteiger partial charge on any atom is -0.507 e. The fourth-order valence-corrected chi connectivity index (χ4v) is 7.12. The summed E-state index contributed by atoms with van der Waals surface area (Å²) in [6.07, 6.45) is -0.941. The number of esters is 1. The molecule has 5 atom stereocenters. The predicted octanol–water partition coefficient (Wildman–Crippen LogP) is 2.72. The molecule has 1 aliphatic heterocycles. The number of aliphatic hydroxyl groups excluding tert-OH is 2. The van der Waals surface area contributed by atoms with E-state index in [-0.39, 0.29) is 45.7 Å². The average Bonchev–Trinajstić information content (AvgIpc) is 3.39. The maximum Gasteiger partial charge on any atom is 0.342 e. The Bertz CT molecular complexity index is 1720. The molecule has 0 saturated carbocycles. The van der Waals surface area contributed by atoms with Crippen LogP contribution >= 0.6 is 0 Å². The summed E-state index contributed by atoms with van der Waals surface area (Å²) in [6.45, 7) is 1.73. The topological polar surface area (TPSA) is 162 Å². The second-order valence-electron chi connectivity index (χ2n) is 10.7. The molecular formula is C30H22O9. The van der Waals surface area contributed by atoms with E-state index in [1.54, 1.807) is 19.1 Å². The number of fused-ring (bicyclic) bond motifs is 7. The minimum absolute atomic E-state index is 0.0170. The van der Waals surface area contributed by atoms with E-state index in [4.69, 9.17) is 4.74 Å². The largest absolute Gasteiger partial charge is 0.507 e. The zero-order valence-corrected chi connectivity index (χ0v) is 20.5. The van der Waals surface area contributed by atoms with Gasteiger partial charge in [-0.1, -0.05) is 30.4 Å². The molecule has 0 amide bonds. The minimum atomic E-state index is -1.48. The number of hydrogen-bond donors (Lipinski definition) is 5. The fourth-order valence-electron chi connectivity index (χ4n) is 7.12. The first-order valence-electron chi connectivity index (χ1n) is 12.4. The van der Waals surface area contributed by atoms with Crippen LogP contribution in [-0.4, -0.2) is 55.3 Å². The quantitative estimate of drug-likeness (QED) is 0.185. The molecule has 9 nitrogen and oxygen atoms in total. The number of phenolic OH excluding ortho intramolecular Hbond substituents is 3. The number of rotatable bonds is 1. The fraction of sp³-hybridized carbons (Fsp3) is 0.233. The van der Waals surface area contributed by atoms with Crippen LogP contribution in [0.2, 0.25) is 0 Å². The van der Waals surface area contributed by atoms with Crippen molar-refractivity contribution in [2.24, 2.45) is 5.41 Å². The molecule has 0 radical (unpaired) electrons. The van der Waals surface area contributed by atoms with E-state index in [0.29, 0.717) is 22.3 Å². The van der Waals surface area contributed by atoms with Crippen LogP contribution in [-0.2, 0) is 11.2 Å². The molecule has 1 unspecified atom stereocenters. The third kappa shape index (κ3) is 2.78. The van der Waals surface area contributed by atoms with Gasteiger partial charge in [0.2, 0.25) is 5.78 Å². The van der Waals surface area contributed by atoms with Crippen LogP contribution in [0.1, 0.15) is 76.5 Å². The molecule has 3 aromatic carbocycles. The first kappa shape index (κ1) is 23.6. The molecule has 3 aromatic rings. The molecule has 0 saturated heterocycles. The van der Waals surface area contributed by atoms with Gasteiger partial charge in [0.05, 0.1) is 28.7 Å². The Morgan fingerprint density at radius 1 is 0.846 bits per heavy atom. The van der Waals surface area contributed by atoms with E-state index in [1.165, 1.54) is 36.4 Å². The lowest BCUT2D eigenvalue weighted by molar-refractivity contribution is -0.118. The van der Waals surface area contributed by atoms with Gasteiger partial charge in [-0.15, -0.1) is 0 Å². The first-order chi connectivity index (χ1) is 18.6. The maximum atomic E-state index is 13.9. The van der Waals surface area contributed by atoms with Crippen LogP contribution < -0.4 is 0 Å². The molecule has 9 heteroatoms. The summed E-state index contributed by atoms with van der Waals surface area (Å²) in [5.41, 5.74) is -0.184. The molecule has 4 aliphatic rings. The SMILES string of the molecule is Cc1cc(O)c2c(c1)[C@@H]([C@]13Cc4cc(O)c5c(c4[C@@H]1C=CC(O)[C@H]3O)C(=O)c1cccc(O)c1C5=O)OC2=O. The van der Waals surface area contributed by atoms with Crippen molar-refractivity contribution in [3.8, 4) is 17.2 Å². The highest BCUT2D eigenvalue weighted by atomic mass is 16.6. The lowest BCUT2D eigenvalue weighted by Crippen LogP contribution is -2.51. The molecular weight excluding hydrogens is 504 g/mol. The van der Waals surface area contributed by atoms with Gasteiger partial charge in [0.1, 0.15) is 28.9 Å². The molecule has 7 rings (SSSR count). The monoisotopic (exact) mass is 526 g/mol. The van der Waals surface area contributed by atoms with Crippen molar-refractivity contribution in [2.45, 2.75) is 37.6 Å². The Kier molecular flexibility index (Phi) is 4.58. The number of allylic oxidation sites excluding steroid dienone is 1. The summed E-state index contributed by atoms with van der Waals surface area (Å²) >= 11 is 0. The van der Waals surface area contributed by atoms with E-state index in [0.717, 1.165) is 0 Å². The highest BCUT2D eigenvalue weighted by Crippen LogP contribution is 2.64. The van der Waals surface area contributed by atoms with Gasteiger partial charge in [-0.2, -0.15) is 0 Å². The molecule has 39 heavy (non-hydrogen) atoms. The van der Waals surface area contributed by atoms with Gasteiger partial charge in [0.15, 0.2) is 5.78 Å². The lowest BCUT2D eigenvalue weighted by atomic mass is 9.61. The summed E-state index contributed by atoms with van der Waals surface area (Å²) < 4.78 is 5.80. The summed E-state index contributed by atoms with van der Waals surface area (Å²) in [7, 11) is 0. The van der Waals surface area contributed by atoms with Gasteiger partial charge in [0, 0.05) is 22.6 Å². The third-order valence-corrected chi connectivity index (χ3v) is 8.65. The number of ether oxygens (including phenoxy) is 1. The number of phenols is 3. The smallest absolute Gasteiger partial charge is 0.342 e. The molecule has 0 bridgehead atoms. The molecule has 196 valence electrons. The summed E-state index contributed by atoms with van der Waals surface area (Å²) in [5, 5.41) is 54.2. The van der Waals surface area contributed by atoms with Crippen LogP contribution in [0.15, 0.2) is 48.6 Å². The van der Waals surface area contributed by atoms with Crippen LogP contribution in [0.4, 0.5) is 0 Å². The van der Waals surface area contributed by atoms with E-state index in [1.807, 2.05) is 0 Å². The lowest BCUT2D eigenvalue weighted by Gasteiger charge is -2.46. The Morgan fingerprint density at radius 3 is 2.36 bits per heavy atom. The van der Waals surface area contributed by atoms with Gasteiger partial charge in [0.25, 0.3) is 0 Å². The molecule has 1 heterocycles. The standard InChI is InChI=1S/C30H22O9/c1-11-7-14-22(18(33)8-11)29(38)39-28(14)30-10-12-9-19(34)23-24(20(12)15(30)5-6-17(32)27(30)37)25(35)13-3-2-4-16(31)21(13)26(23)36/h2-9,15,17,27-28,31-34,37H,10H2,1H3/t15-,17?,27+,28-,30+/m0/s1. The number of benzene rings is 3. The van der Waals surface area contributed by atoms with Crippen molar-refractivity contribution in [1.29, 1.82) is 0 Å². The van der Waals surface area contributed by atoms with E-state index in [2.05, 4.69) is 0 Å². The second-order valence-corrected chi connectivity index (χ2v) is 10.7. The van der Waals surface area contributed by atoms with E-state index in [9.17, 15) is 39.9 Å². The third-order valence-electron chi connectivity index (χ3n) is 8.65. The van der Waals surface area contributed by atoms with Gasteiger partial charge < -0.3 is 30.3 Å². The summed E-state index contributed by atoms with van der Waals surface area (Å²) in [4.78, 5) is 40.3. The Labute approximate surface area is 221 Å². The van der Waals surface area contributed by atoms with Gasteiger partial charge >= 0.3 is 5.97 Å². The van der Waals surface area contributed by atoms with E-state index >= 15 is 0 Å². The summed E-state index contributed by atoms with van der Waals surface area (Å²) in [5.74, 6) is -4.00. The number of aryl methyl sites for hydroxylation is 1. The van der Waals surface area contributed by atoms with E-state index < -0.39 is 52.9 Å². The van der Waals surface area contributed by atoms with Crippen molar-refractivity contribution in [1.82, 2.24) is 0 Å². The first-order valence-corrected chi connectivity index (χ1v) is 12.4.